The minimum atomic E-state index is -1.14. The fourth-order valence-electron chi connectivity index (χ4n) is 2.08. The average Bonchev–Trinajstić information content (AvgIpc) is 2.66. The van der Waals surface area contributed by atoms with Crippen molar-refractivity contribution < 1.29 is 28.6 Å². The summed E-state index contributed by atoms with van der Waals surface area (Å²) in [7, 11) is 1.38. The standard InChI is InChI=1S/C18H13BrFN3O5/c1-27-15-6-11(4-13(19)17(15)28-9-16(24)25)8-22-23-18(26)12-3-2-10(7-21)5-14(12)20/h2-6,8H,9H2,1H3,(H,23,26)(H,24,25)/b22-8-. The van der Waals surface area contributed by atoms with Crippen molar-refractivity contribution in [3.05, 3.63) is 57.3 Å². The van der Waals surface area contributed by atoms with Gasteiger partial charge in [-0.15, -0.1) is 0 Å². The number of carboxylic acids is 1. The number of ether oxygens (including phenoxy) is 2. The van der Waals surface area contributed by atoms with Crippen molar-refractivity contribution in [1.82, 2.24) is 5.43 Å². The molecule has 0 aliphatic carbocycles. The number of hydrogen-bond donors (Lipinski definition) is 2. The van der Waals surface area contributed by atoms with Crippen molar-refractivity contribution in [2.45, 2.75) is 0 Å². The SMILES string of the molecule is COc1cc(/C=N\NC(=O)c2ccc(C#N)cc2F)cc(Br)c1OCC(=O)O. The molecular formula is C18H13BrFN3O5. The minimum absolute atomic E-state index is 0.0969. The molecular weight excluding hydrogens is 437 g/mol. The van der Waals surface area contributed by atoms with Gasteiger partial charge in [0.15, 0.2) is 18.1 Å². The molecule has 2 aromatic carbocycles. The molecule has 8 nitrogen and oxygen atoms in total. The summed E-state index contributed by atoms with van der Waals surface area (Å²) in [6.45, 7) is -0.547. The first-order valence-corrected chi connectivity index (χ1v) is 8.40. The van der Waals surface area contributed by atoms with Gasteiger partial charge in [-0.3, -0.25) is 4.79 Å². The van der Waals surface area contributed by atoms with E-state index in [1.807, 2.05) is 0 Å². The zero-order chi connectivity index (χ0) is 20.7. The number of carbonyl (C=O) groups is 2. The summed E-state index contributed by atoms with van der Waals surface area (Å²) < 4.78 is 24.6. The van der Waals surface area contributed by atoms with Gasteiger partial charge in [-0.25, -0.2) is 14.6 Å². The number of halogens is 2. The molecule has 0 spiro atoms. The molecule has 0 atom stereocenters. The highest BCUT2D eigenvalue weighted by Gasteiger charge is 2.14. The first-order chi connectivity index (χ1) is 13.3. The molecule has 28 heavy (non-hydrogen) atoms. The molecule has 0 aliphatic heterocycles. The predicted octanol–water partition coefficient (Wildman–Crippen LogP) is 2.70. The summed E-state index contributed by atoms with van der Waals surface area (Å²) in [5, 5.41) is 21.2. The Morgan fingerprint density at radius 3 is 2.75 bits per heavy atom. The van der Waals surface area contributed by atoms with Crippen LogP contribution in [0.1, 0.15) is 21.5 Å². The van der Waals surface area contributed by atoms with Crippen LogP contribution in [0.25, 0.3) is 0 Å². The molecule has 0 fully saturated rings. The summed E-state index contributed by atoms with van der Waals surface area (Å²) in [5.41, 5.74) is 2.51. The third-order valence-corrected chi connectivity index (χ3v) is 3.90. The van der Waals surface area contributed by atoms with Crippen LogP contribution in [0.2, 0.25) is 0 Å². The monoisotopic (exact) mass is 449 g/mol. The van der Waals surface area contributed by atoms with Crippen LogP contribution < -0.4 is 14.9 Å². The van der Waals surface area contributed by atoms with E-state index < -0.39 is 24.3 Å². The summed E-state index contributed by atoms with van der Waals surface area (Å²) in [6.07, 6.45) is 1.29. The minimum Gasteiger partial charge on any atom is -0.493 e. The van der Waals surface area contributed by atoms with E-state index in [9.17, 15) is 14.0 Å². The highest BCUT2D eigenvalue weighted by Crippen LogP contribution is 2.36. The lowest BCUT2D eigenvalue weighted by Crippen LogP contribution is -2.19. The summed E-state index contributed by atoms with van der Waals surface area (Å²) >= 11 is 3.25. The number of carbonyl (C=O) groups excluding carboxylic acids is 1. The zero-order valence-corrected chi connectivity index (χ0v) is 16.0. The Hall–Kier alpha value is -3.45. The zero-order valence-electron chi connectivity index (χ0n) is 14.4. The number of nitrogens with zero attached hydrogens (tertiary/aromatic N) is 2. The normalized spacial score (nSPS) is 10.4. The molecule has 0 aromatic heterocycles. The van der Waals surface area contributed by atoms with Crippen molar-refractivity contribution in [1.29, 1.82) is 5.26 Å². The van der Waals surface area contributed by atoms with E-state index >= 15 is 0 Å². The molecule has 0 aliphatic rings. The second-order valence-electron chi connectivity index (χ2n) is 5.22. The molecule has 0 bridgehead atoms. The summed E-state index contributed by atoms with van der Waals surface area (Å²) in [5.74, 6) is -2.31. The molecule has 144 valence electrons. The third kappa shape index (κ3) is 5.28. The Balaban J connectivity index is 2.13. The number of methoxy groups -OCH3 is 1. The fourth-order valence-corrected chi connectivity index (χ4v) is 2.66. The molecule has 0 saturated carbocycles. The lowest BCUT2D eigenvalue weighted by Gasteiger charge is -2.12. The Morgan fingerprint density at radius 2 is 2.14 bits per heavy atom. The molecule has 1 amide bonds. The Labute approximate surface area is 167 Å². The molecule has 0 unspecified atom stereocenters. The van der Waals surface area contributed by atoms with Crippen LogP contribution in [0.3, 0.4) is 0 Å². The number of hydrazone groups is 1. The van der Waals surface area contributed by atoms with Crippen molar-refractivity contribution in [3.8, 4) is 17.6 Å². The largest absolute Gasteiger partial charge is 0.493 e. The second kappa shape index (κ2) is 9.48. The number of hydrogen-bond acceptors (Lipinski definition) is 6. The molecule has 2 rings (SSSR count). The lowest BCUT2D eigenvalue weighted by molar-refractivity contribution is -0.139. The van der Waals surface area contributed by atoms with Crippen molar-refractivity contribution in [2.24, 2.45) is 5.10 Å². The lowest BCUT2D eigenvalue weighted by atomic mass is 10.1. The van der Waals surface area contributed by atoms with Crippen LogP contribution in [0.5, 0.6) is 11.5 Å². The van der Waals surface area contributed by atoms with Gasteiger partial charge in [-0.1, -0.05) is 0 Å². The Kier molecular flexibility index (Phi) is 7.06. The van der Waals surface area contributed by atoms with Gasteiger partial charge >= 0.3 is 5.97 Å². The fraction of sp³-hybridized carbons (Fsp3) is 0.111. The topological polar surface area (TPSA) is 121 Å². The first-order valence-electron chi connectivity index (χ1n) is 7.61. The van der Waals surface area contributed by atoms with Crippen molar-refractivity contribution in [3.63, 3.8) is 0 Å². The third-order valence-electron chi connectivity index (χ3n) is 3.31. The van der Waals surface area contributed by atoms with Gasteiger partial charge in [0.1, 0.15) is 5.82 Å². The number of nitrogens with one attached hydrogen (secondary N) is 1. The van der Waals surface area contributed by atoms with E-state index in [0.717, 1.165) is 6.07 Å². The van der Waals surface area contributed by atoms with Gasteiger partial charge in [0.2, 0.25) is 0 Å². The van der Waals surface area contributed by atoms with E-state index in [1.54, 1.807) is 12.1 Å². The summed E-state index contributed by atoms with van der Waals surface area (Å²) in [6, 6.07) is 8.32. The van der Waals surface area contributed by atoms with Crippen LogP contribution >= 0.6 is 15.9 Å². The quantitative estimate of drug-likeness (QED) is 0.494. The van der Waals surface area contributed by atoms with E-state index in [0.29, 0.717) is 10.0 Å². The van der Waals surface area contributed by atoms with Gasteiger partial charge in [0.05, 0.1) is 35.0 Å². The van der Waals surface area contributed by atoms with Crippen LogP contribution in [-0.4, -0.2) is 36.9 Å². The number of amides is 1. The number of rotatable bonds is 7. The Bertz CT molecular complexity index is 988. The van der Waals surface area contributed by atoms with Gasteiger partial charge in [-0.2, -0.15) is 10.4 Å². The smallest absolute Gasteiger partial charge is 0.341 e. The molecule has 0 radical (unpaired) electrons. The van der Waals surface area contributed by atoms with Crippen LogP contribution in [0.4, 0.5) is 4.39 Å². The highest BCUT2D eigenvalue weighted by molar-refractivity contribution is 9.10. The molecule has 2 N–H and O–H groups in total. The number of nitriles is 1. The van der Waals surface area contributed by atoms with Crippen LogP contribution in [0.15, 0.2) is 39.9 Å². The first kappa shape index (κ1) is 20.9. The van der Waals surface area contributed by atoms with Gasteiger partial charge in [0, 0.05) is 0 Å². The van der Waals surface area contributed by atoms with Crippen LogP contribution in [-0.2, 0) is 4.79 Å². The maximum Gasteiger partial charge on any atom is 0.341 e. The number of benzene rings is 2. The maximum absolute atomic E-state index is 13.8. The number of aliphatic carboxylic acids is 1. The Morgan fingerprint density at radius 1 is 1.39 bits per heavy atom. The van der Waals surface area contributed by atoms with E-state index in [1.165, 1.54) is 31.5 Å². The van der Waals surface area contributed by atoms with Gasteiger partial charge in [-0.05, 0) is 51.8 Å². The average molecular weight is 450 g/mol. The maximum atomic E-state index is 13.8. The predicted molar refractivity (Wildman–Crippen MR) is 100 cm³/mol. The van der Waals surface area contributed by atoms with Crippen molar-refractivity contribution in [2.75, 3.05) is 13.7 Å². The van der Waals surface area contributed by atoms with E-state index in [-0.39, 0.29) is 22.6 Å². The summed E-state index contributed by atoms with van der Waals surface area (Å²) in [4.78, 5) is 22.6. The molecule has 0 heterocycles. The van der Waals surface area contributed by atoms with E-state index in [2.05, 4.69) is 26.5 Å². The second-order valence-corrected chi connectivity index (χ2v) is 6.08. The highest BCUT2D eigenvalue weighted by atomic mass is 79.9. The van der Waals surface area contributed by atoms with E-state index in [4.69, 9.17) is 19.8 Å². The molecule has 2 aromatic rings. The molecule has 10 heteroatoms. The van der Waals surface area contributed by atoms with Crippen LogP contribution in [0, 0.1) is 17.1 Å². The van der Waals surface area contributed by atoms with Gasteiger partial charge in [0.25, 0.3) is 5.91 Å². The molecule has 0 saturated heterocycles. The van der Waals surface area contributed by atoms with Crippen molar-refractivity contribution >= 4 is 34.0 Å². The number of carboxylic acid groups (broad SMARTS) is 1. The van der Waals surface area contributed by atoms with Gasteiger partial charge < -0.3 is 14.6 Å².